The van der Waals surface area contributed by atoms with E-state index in [0.29, 0.717) is 17.1 Å². The summed E-state index contributed by atoms with van der Waals surface area (Å²) in [4.78, 5) is 13.9. The highest BCUT2D eigenvalue weighted by molar-refractivity contribution is 6.43. The van der Waals surface area contributed by atoms with E-state index in [0.717, 1.165) is 5.69 Å². The lowest BCUT2D eigenvalue weighted by Crippen LogP contribution is -2.27. The maximum atomic E-state index is 12.3. The lowest BCUT2D eigenvalue weighted by molar-refractivity contribution is 0.0782. The lowest BCUT2D eigenvalue weighted by atomic mass is 10.2. The van der Waals surface area contributed by atoms with Gasteiger partial charge in [0.2, 0.25) is 0 Å². The molecule has 0 saturated heterocycles. The normalized spacial score (nSPS) is 10.5. The first-order valence-electron chi connectivity index (χ1n) is 5.67. The van der Waals surface area contributed by atoms with E-state index in [1.54, 1.807) is 41.0 Å². The summed E-state index contributed by atoms with van der Waals surface area (Å²) in [5.74, 6) is -0.172. The summed E-state index contributed by atoms with van der Waals surface area (Å²) in [6.07, 6.45) is 1.69. The second kappa shape index (κ2) is 5.63. The summed E-state index contributed by atoms with van der Waals surface area (Å²) in [6, 6.07) is 6.89. The molecule has 2 aromatic rings. The molecule has 1 aromatic heterocycles. The van der Waals surface area contributed by atoms with Gasteiger partial charge in [-0.05, 0) is 18.2 Å². The van der Waals surface area contributed by atoms with Crippen molar-refractivity contribution < 1.29 is 4.79 Å². The number of halogens is 2. The number of carbonyl (C=O) groups is 1. The Kier molecular flexibility index (Phi) is 4.12. The average molecular weight is 298 g/mol. The first-order chi connectivity index (χ1) is 9.00. The van der Waals surface area contributed by atoms with Crippen LogP contribution in [0, 0.1) is 0 Å². The summed E-state index contributed by atoms with van der Waals surface area (Å²) in [7, 11) is 3.55. The summed E-state index contributed by atoms with van der Waals surface area (Å²) >= 11 is 12.0. The summed E-state index contributed by atoms with van der Waals surface area (Å²) in [6.45, 7) is 0.457. The maximum Gasteiger partial charge on any atom is 0.255 e. The van der Waals surface area contributed by atoms with Crippen LogP contribution in [-0.2, 0) is 13.6 Å². The minimum Gasteiger partial charge on any atom is -0.336 e. The van der Waals surface area contributed by atoms with Crippen molar-refractivity contribution in [2.45, 2.75) is 6.54 Å². The van der Waals surface area contributed by atoms with Crippen LogP contribution in [0.3, 0.4) is 0 Å². The molecule has 4 nitrogen and oxygen atoms in total. The summed E-state index contributed by atoms with van der Waals surface area (Å²) < 4.78 is 1.73. The quantitative estimate of drug-likeness (QED) is 0.873. The monoisotopic (exact) mass is 297 g/mol. The molecule has 0 saturated carbocycles. The van der Waals surface area contributed by atoms with E-state index in [1.807, 2.05) is 13.1 Å². The van der Waals surface area contributed by atoms with E-state index in [-0.39, 0.29) is 10.9 Å². The molecular formula is C13H13Cl2N3O. The molecule has 2 rings (SSSR count). The fourth-order valence-corrected chi connectivity index (χ4v) is 2.13. The summed E-state index contributed by atoms with van der Waals surface area (Å²) in [5.41, 5.74) is 1.34. The molecule has 0 spiro atoms. The Morgan fingerprint density at radius 1 is 1.37 bits per heavy atom. The van der Waals surface area contributed by atoms with E-state index in [4.69, 9.17) is 23.2 Å². The maximum absolute atomic E-state index is 12.3. The number of hydrogen-bond donors (Lipinski definition) is 0. The molecule has 6 heteroatoms. The van der Waals surface area contributed by atoms with E-state index in [1.165, 1.54) is 0 Å². The minimum atomic E-state index is -0.172. The number of amides is 1. The fourth-order valence-electron chi connectivity index (χ4n) is 1.75. The smallest absolute Gasteiger partial charge is 0.255 e. The zero-order valence-corrected chi connectivity index (χ0v) is 12.1. The van der Waals surface area contributed by atoms with Crippen LogP contribution in [0.2, 0.25) is 10.0 Å². The van der Waals surface area contributed by atoms with Gasteiger partial charge in [0.15, 0.2) is 0 Å². The molecule has 0 aliphatic rings. The molecule has 0 atom stereocenters. The highest BCUT2D eigenvalue weighted by Crippen LogP contribution is 2.26. The first kappa shape index (κ1) is 13.9. The van der Waals surface area contributed by atoms with Crippen LogP contribution in [0.4, 0.5) is 0 Å². The van der Waals surface area contributed by atoms with Gasteiger partial charge in [-0.25, -0.2) is 0 Å². The van der Waals surface area contributed by atoms with Crippen molar-refractivity contribution in [2.75, 3.05) is 7.05 Å². The third-order valence-corrected chi connectivity index (χ3v) is 3.67. The van der Waals surface area contributed by atoms with Gasteiger partial charge < -0.3 is 4.90 Å². The van der Waals surface area contributed by atoms with Crippen molar-refractivity contribution in [3.8, 4) is 0 Å². The van der Waals surface area contributed by atoms with Crippen molar-refractivity contribution in [3.05, 3.63) is 51.8 Å². The van der Waals surface area contributed by atoms with Crippen LogP contribution in [0.15, 0.2) is 30.5 Å². The van der Waals surface area contributed by atoms with Gasteiger partial charge in [0.05, 0.1) is 27.8 Å². The van der Waals surface area contributed by atoms with E-state index < -0.39 is 0 Å². The van der Waals surface area contributed by atoms with Gasteiger partial charge in [-0.1, -0.05) is 29.3 Å². The van der Waals surface area contributed by atoms with Gasteiger partial charge in [0.25, 0.3) is 5.91 Å². The summed E-state index contributed by atoms with van der Waals surface area (Å²) in [5, 5.41) is 4.72. The molecule has 0 bridgehead atoms. The molecule has 0 N–H and O–H groups in total. The first-order valence-corrected chi connectivity index (χ1v) is 6.42. The van der Waals surface area contributed by atoms with Crippen molar-refractivity contribution in [3.63, 3.8) is 0 Å². The van der Waals surface area contributed by atoms with Crippen LogP contribution in [0.1, 0.15) is 16.1 Å². The number of hydrogen-bond acceptors (Lipinski definition) is 2. The molecule has 19 heavy (non-hydrogen) atoms. The number of rotatable bonds is 3. The van der Waals surface area contributed by atoms with Gasteiger partial charge in [-0.2, -0.15) is 5.10 Å². The number of nitrogens with zero attached hydrogens (tertiary/aromatic N) is 3. The molecule has 100 valence electrons. The van der Waals surface area contributed by atoms with Crippen LogP contribution in [0.5, 0.6) is 0 Å². The molecule has 0 radical (unpaired) electrons. The number of carbonyl (C=O) groups excluding carboxylic acids is 1. The Morgan fingerprint density at radius 2 is 2.11 bits per heavy atom. The van der Waals surface area contributed by atoms with E-state index in [9.17, 15) is 4.79 Å². The Morgan fingerprint density at radius 3 is 2.74 bits per heavy atom. The van der Waals surface area contributed by atoms with Crippen molar-refractivity contribution >= 4 is 29.1 Å². The average Bonchev–Trinajstić information content (AvgIpc) is 2.77. The minimum absolute atomic E-state index is 0.172. The SMILES string of the molecule is CN(Cc1ccnn1C)C(=O)c1cccc(Cl)c1Cl. The van der Waals surface area contributed by atoms with Gasteiger partial charge in [-0.15, -0.1) is 0 Å². The molecule has 1 aromatic carbocycles. The number of aromatic nitrogens is 2. The highest BCUT2D eigenvalue weighted by Gasteiger charge is 2.17. The zero-order chi connectivity index (χ0) is 14.0. The van der Waals surface area contributed by atoms with Crippen LogP contribution in [-0.4, -0.2) is 27.6 Å². The molecule has 1 amide bonds. The molecule has 0 aliphatic carbocycles. The molecule has 0 aliphatic heterocycles. The Labute approximate surface area is 121 Å². The molecule has 0 fully saturated rings. The predicted octanol–water partition coefficient (Wildman–Crippen LogP) is 3.00. The van der Waals surface area contributed by atoms with Gasteiger partial charge >= 0.3 is 0 Å². The van der Waals surface area contributed by atoms with Crippen LogP contribution in [0.25, 0.3) is 0 Å². The predicted molar refractivity (Wildman–Crippen MR) is 75.5 cm³/mol. The Bertz CT molecular complexity index is 610. The van der Waals surface area contributed by atoms with Crippen LogP contribution < -0.4 is 0 Å². The van der Waals surface area contributed by atoms with Crippen LogP contribution >= 0.6 is 23.2 Å². The van der Waals surface area contributed by atoms with Gasteiger partial charge in [0, 0.05) is 20.3 Å². The lowest BCUT2D eigenvalue weighted by Gasteiger charge is -2.18. The van der Waals surface area contributed by atoms with Crippen molar-refractivity contribution in [2.24, 2.45) is 7.05 Å². The van der Waals surface area contributed by atoms with Crippen molar-refractivity contribution in [1.82, 2.24) is 14.7 Å². The van der Waals surface area contributed by atoms with E-state index in [2.05, 4.69) is 5.10 Å². The van der Waals surface area contributed by atoms with Gasteiger partial charge in [-0.3, -0.25) is 9.48 Å². The molecular weight excluding hydrogens is 285 g/mol. The zero-order valence-electron chi connectivity index (χ0n) is 10.6. The van der Waals surface area contributed by atoms with Crippen molar-refractivity contribution in [1.29, 1.82) is 0 Å². The van der Waals surface area contributed by atoms with Gasteiger partial charge in [0.1, 0.15) is 0 Å². The fraction of sp³-hybridized carbons (Fsp3) is 0.231. The third-order valence-electron chi connectivity index (χ3n) is 2.85. The standard InChI is InChI=1S/C13H13Cl2N3O/c1-17(8-9-6-7-16-18(9)2)13(19)10-4-3-5-11(14)12(10)15/h3-7H,8H2,1-2H3. The topological polar surface area (TPSA) is 38.1 Å². The highest BCUT2D eigenvalue weighted by atomic mass is 35.5. The second-order valence-corrected chi connectivity index (χ2v) is 4.99. The largest absolute Gasteiger partial charge is 0.336 e. The third kappa shape index (κ3) is 2.91. The number of benzene rings is 1. The Hall–Kier alpha value is -1.52. The second-order valence-electron chi connectivity index (χ2n) is 4.21. The number of aryl methyl sites for hydroxylation is 1. The van der Waals surface area contributed by atoms with E-state index >= 15 is 0 Å². The molecule has 1 heterocycles. The Balaban J connectivity index is 2.20. The molecule has 0 unspecified atom stereocenters.